The number of rotatable bonds is 4. The summed E-state index contributed by atoms with van der Waals surface area (Å²) < 4.78 is 1.10. The van der Waals surface area contributed by atoms with Crippen LogP contribution in [-0.4, -0.2) is 37.5 Å². The SMILES string of the molecule is CN(C)CC1CCCCC1NC(=O)c1cccc(I)c1. The molecule has 0 heterocycles. The third-order valence-corrected chi connectivity index (χ3v) is 4.58. The molecule has 0 bridgehead atoms. The second-order valence-electron chi connectivity index (χ2n) is 5.90. The molecule has 0 aromatic heterocycles. The molecule has 0 saturated heterocycles. The Morgan fingerprint density at radius 2 is 2.10 bits per heavy atom. The van der Waals surface area contributed by atoms with Gasteiger partial charge in [0.1, 0.15) is 0 Å². The van der Waals surface area contributed by atoms with E-state index in [9.17, 15) is 4.79 Å². The van der Waals surface area contributed by atoms with Crippen LogP contribution in [0.5, 0.6) is 0 Å². The molecule has 1 saturated carbocycles. The van der Waals surface area contributed by atoms with Crippen LogP contribution in [0.4, 0.5) is 0 Å². The number of nitrogens with one attached hydrogen (secondary N) is 1. The van der Waals surface area contributed by atoms with Crippen LogP contribution in [0, 0.1) is 9.49 Å². The standard InChI is InChI=1S/C16H23IN2O/c1-19(2)11-13-6-3-4-9-15(13)18-16(20)12-7-5-8-14(17)10-12/h5,7-8,10,13,15H,3-4,6,9,11H2,1-2H3,(H,18,20). The van der Waals surface area contributed by atoms with E-state index in [4.69, 9.17) is 0 Å². The van der Waals surface area contributed by atoms with Crippen molar-refractivity contribution in [2.75, 3.05) is 20.6 Å². The topological polar surface area (TPSA) is 32.3 Å². The number of halogens is 1. The van der Waals surface area contributed by atoms with E-state index in [0.717, 1.165) is 22.1 Å². The summed E-state index contributed by atoms with van der Waals surface area (Å²) in [6.45, 7) is 1.05. The molecule has 3 nitrogen and oxygen atoms in total. The minimum Gasteiger partial charge on any atom is -0.349 e. The first-order chi connectivity index (χ1) is 9.56. The molecule has 1 aliphatic rings. The lowest BCUT2D eigenvalue weighted by Gasteiger charge is -2.34. The Labute approximate surface area is 135 Å². The van der Waals surface area contributed by atoms with E-state index in [1.54, 1.807) is 0 Å². The van der Waals surface area contributed by atoms with Crippen LogP contribution in [0.2, 0.25) is 0 Å². The van der Waals surface area contributed by atoms with Gasteiger partial charge in [0.05, 0.1) is 0 Å². The molecule has 20 heavy (non-hydrogen) atoms. The van der Waals surface area contributed by atoms with Crippen molar-refractivity contribution in [1.82, 2.24) is 10.2 Å². The fraction of sp³-hybridized carbons (Fsp3) is 0.562. The molecule has 0 aliphatic heterocycles. The van der Waals surface area contributed by atoms with E-state index >= 15 is 0 Å². The molecule has 2 atom stereocenters. The van der Waals surface area contributed by atoms with Crippen LogP contribution in [0.1, 0.15) is 36.0 Å². The van der Waals surface area contributed by atoms with Gasteiger partial charge in [-0.2, -0.15) is 0 Å². The first kappa shape index (κ1) is 15.8. The molecule has 0 spiro atoms. The fourth-order valence-corrected chi connectivity index (χ4v) is 3.51. The van der Waals surface area contributed by atoms with Gasteiger partial charge in [0, 0.05) is 21.7 Å². The van der Waals surface area contributed by atoms with Gasteiger partial charge in [-0.3, -0.25) is 4.79 Å². The highest BCUT2D eigenvalue weighted by molar-refractivity contribution is 14.1. The Morgan fingerprint density at radius 1 is 1.35 bits per heavy atom. The Morgan fingerprint density at radius 3 is 2.80 bits per heavy atom. The molecule has 1 aromatic rings. The van der Waals surface area contributed by atoms with Crippen molar-refractivity contribution in [1.29, 1.82) is 0 Å². The number of carbonyl (C=O) groups is 1. The minimum absolute atomic E-state index is 0.0687. The fourth-order valence-electron chi connectivity index (χ4n) is 2.97. The molecule has 1 aromatic carbocycles. The Bertz CT molecular complexity index is 462. The minimum atomic E-state index is 0.0687. The maximum atomic E-state index is 12.4. The summed E-state index contributed by atoms with van der Waals surface area (Å²) in [5.41, 5.74) is 0.770. The normalized spacial score (nSPS) is 22.8. The van der Waals surface area contributed by atoms with Gasteiger partial charge in [-0.15, -0.1) is 0 Å². The summed E-state index contributed by atoms with van der Waals surface area (Å²) in [5.74, 6) is 0.643. The number of benzene rings is 1. The lowest BCUT2D eigenvalue weighted by Crippen LogP contribution is -2.45. The molecule has 2 rings (SSSR count). The van der Waals surface area contributed by atoms with E-state index in [2.05, 4.69) is 46.9 Å². The second-order valence-corrected chi connectivity index (χ2v) is 7.14. The van der Waals surface area contributed by atoms with Gasteiger partial charge in [0.25, 0.3) is 5.91 Å². The van der Waals surface area contributed by atoms with Crippen molar-refractivity contribution in [2.24, 2.45) is 5.92 Å². The molecule has 4 heteroatoms. The zero-order valence-electron chi connectivity index (χ0n) is 12.2. The van der Waals surface area contributed by atoms with Crippen molar-refractivity contribution < 1.29 is 4.79 Å². The zero-order chi connectivity index (χ0) is 14.5. The molecule has 110 valence electrons. The lowest BCUT2D eigenvalue weighted by molar-refractivity contribution is 0.0895. The molecule has 1 amide bonds. The highest BCUT2D eigenvalue weighted by Gasteiger charge is 2.27. The van der Waals surface area contributed by atoms with Crippen molar-refractivity contribution >= 4 is 28.5 Å². The van der Waals surface area contributed by atoms with Crippen LogP contribution in [0.25, 0.3) is 0 Å². The zero-order valence-corrected chi connectivity index (χ0v) is 14.4. The molecule has 1 aliphatic carbocycles. The quantitative estimate of drug-likeness (QED) is 0.807. The van der Waals surface area contributed by atoms with Crippen LogP contribution in [0.15, 0.2) is 24.3 Å². The highest BCUT2D eigenvalue weighted by Crippen LogP contribution is 2.25. The molecule has 1 N–H and O–H groups in total. The summed E-state index contributed by atoms with van der Waals surface area (Å²) in [7, 11) is 4.21. The van der Waals surface area contributed by atoms with Gasteiger partial charge in [-0.1, -0.05) is 18.9 Å². The van der Waals surface area contributed by atoms with Crippen LogP contribution >= 0.6 is 22.6 Å². The summed E-state index contributed by atoms with van der Waals surface area (Å²) >= 11 is 2.24. The van der Waals surface area contributed by atoms with Gasteiger partial charge >= 0.3 is 0 Å². The molecular weight excluding hydrogens is 363 g/mol. The van der Waals surface area contributed by atoms with Gasteiger partial charge in [0.2, 0.25) is 0 Å². The summed E-state index contributed by atoms with van der Waals surface area (Å²) in [5, 5.41) is 3.25. The highest BCUT2D eigenvalue weighted by atomic mass is 127. The number of carbonyl (C=O) groups excluding carboxylic acids is 1. The third-order valence-electron chi connectivity index (χ3n) is 3.91. The van der Waals surface area contributed by atoms with Crippen LogP contribution < -0.4 is 5.32 Å². The predicted molar refractivity (Wildman–Crippen MR) is 90.9 cm³/mol. The number of hydrogen-bond acceptors (Lipinski definition) is 2. The van der Waals surface area contributed by atoms with Crippen molar-refractivity contribution in [3.8, 4) is 0 Å². The summed E-state index contributed by atoms with van der Waals surface area (Å²) in [6, 6.07) is 8.10. The van der Waals surface area contributed by atoms with Gasteiger partial charge < -0.3 is 10.2 Å². The summed E-state index contributed by atoms with van der Waals surface area (Å²) in [4.78, 5) is 14.6. The monoisotopic (exact) mass is 386 g/mol. The first-order valence-electron chi connectivity index (χ1n) is 7.27. The first-order valence-corrected chi connectivity index (χ1v) is 8.35. The van der Waals surface area contributed by atoms with Crippen LogP contribution in [-0.2, 0) is 0 Å². The smallest absolute Gasteiger partial charge is 0.251 e. The lowest BCUT2D eigenvalue weighted by atomic mass is 9.84. The maximum Gasteiger partial charge on any atom is 0.251 e. The van der Waals surface area contributed by atoms with Crippen LogP contribution in [0.3, 0.4) is 0 Å². The Kier molecular flexibility index (Phi) is 5.84. The van der Waals surface area contributed by atoms with Crippen molar-refractivity contribution in [3.63, 3.8) is 0 Å². The van der Waals surface area contributed by atoms with E-state index in [1.165, 1.54) is 19.3 Å². The van der Waals surface area contributed by atoms with E-state index < -0.39 is 0 Å². The van der Waals surface area contributed by atoms with Crippen molar-refractivity contribution in [3.05, 3.63) is 33.4 Å². The molecule has 2 unspecified atom stereocenters. The number of hydrogen-bond donors (Lipinski definition) is 1. The Balaban J connectivity index is 2.01. The Hall–Kier alpha value is -0.620. The largest absolute Gasteiger partial charge is 0.349 e. The number of nitrogens with zero attached hydrogens (tertiary/aromatic N) is 1. The van der Waals surface area contributed by atoms with Gasteiger partial charge in [-0.05, 0) is 73.6 Å². The average Bonchev–Trinajstić information content (AvgIpc) is 2.40. The summed E-state index contributed by atoms with van der Waals surface area (Å²) in [6.07, 6.45) is 4.83. The third kappa shape index (κ3) is 4.45. The van der Waals surface area contributed by atoms with Gasteiger partial charge in [0.15, 0.2) is 0 Å². The van der Waals surface area contributed by atoms with Gasteiger partial charge in [-0.25, -0.2) is 0 Å². The number of amides is 1. The van der Waals surface area contributed by atoms with E-state index in [-0.39, 0.29) is 5.91 Å². The van der Waals surface area contributed by atoms with Crippen molar-refractivity contribution in [2.45, 2.75) is 31.7 Å². The maximum absolute atomic E-state index is 12.4. The molecule has 0 radical (unpaired) electrons. The molecule has 1 fully saturated rings. The predicted octanol–water partition coefficient (Wildman–Crippen LogP) is 3.14. The second kappa shape index (κ2) is 7.41. The van der Waals surface area contributed by atoms with E-state index in [1.807, 2.05) is 24.3 Å². The average molecular weight is 386 g/mol. The van der Waals surface area contributed by atoms with E-state index in [0.29, 0.717) is 12.0 Å². The molecular formula is C16H23IN2O.